The van der Waals surface area contributed by atoms with Crippen molar-refractivity contribution in [1.29, 1.82) is 0 Å². The van der Waals surface area contributed by atoms with Crippen molar-refractivity contribution < 1.29 is 14.7 Å². The third-order valence-corrected chi connectivity index (χ3v) is 5.34. The molecule has 1 amide bonds. The van der Waals surface area contributed by atoms with Gasteiger partial charge in [0.05, 0.1) is 11.8 Å². The van der Waals surface area contributed by atoms with Crippen LogP contribution in [-0.2, 0) is 16.0 Å². The number of hydrogen-bond acceptors (Lipinski definition) is 2. The van der Waals surface area contributed by atoms with Gasteiger partial charge in [-0.25, -0.2) is 0 Å². The van der Waals surface area contributed by atoms with E-state index in [9.17, 15) is 14.7 Å². The van der Waals surface area contributed by atoms with Crippen LogP contribution in [0.2, 0.25) is 5.02 Å². The van der Waals surface area contributed by atoms with Gasteiger partial charge in [-0.15, -0.1) is 0 Å². The molecule has 1 aromatic rings. The van der Waals surface area contributed by atoms with E-state index in [1.165, 1.54) is 0 Å². The van der Waals surface area contributed by atoms with Crippen molar-refractivity contribution in [2.45, 2.75) is 25.7 Å². The number of carboxylic acids is 1. The molecule has 1 aromatic carbocycles. The molecule has 2 N–H and O–H groups in total. The van der Waals surface area contributed by atoms with Gasteiger partial charge in [0.25, 0.3) is 0 Å². The molecule has 0 radical (unpaired) electrons. The predicted octanol–water partition coefficient (Wildman–Crippen LogP) is 2.75. The second-order valence-electron chi connectivity index (χ2n) is 6.39. The highest BCUT2D eigenvalue weighted by Crippen LogP contribution is 2.52. The first-order chi connectivity index (χ1) is 10.6. The summed E-state index contributed by atoms with van der Waals surface area (Å²) in [7, 11) is 0. The Morgan fingerprint density at radius 2 is 1.95 bits per heavy atom. The Labute approximate surface area is 134 Å². The zero-order chi connectivity index (χ0) is 15.7. The molecule has 5 heteroatoms. The highest BCUT2D eigenvalue weighted by molar-refractivity contribution is 6.30. The quantitative estimate of drug-likeness (QED) is 0.876. The van der Waals surface area contributed by atoms with Gasteiger partial charge in [0.15, 0.2) is 0 Å². The summed E-state index contributed by atoms with van der Waals surface area (Å²) < 4.78 is 0. The minimum atomic E-state index is -0.817. The van der Waals surface area contributed by atoms with Crippen LogP contribution in [0.3, 0.4) is 0 Å². The fourth-order valence-electron chi connectivity index (χ4n) is 4.16. The Balaban J connectivity index is 1.56. The van der Waals surface area contributed by atoms with Gasteiger partial charge in [0.2, 0.25) is 5.91 Å². The lowest BCUT2D eigenvalue weighted by Gasteiger charge is -2.27. The summed E-state index contributed by atoms with van der Waals surface area (Å²) >= 11 is 5.93. The minimum absolute atomic E-state index is 0.0957. The highest BCUT2D eigenvalue weighted by Gasteiger charge is 2.53. The lowest BCUT2D eigenvalue weighted by atomic mass is 9.78. The Hall–Kier alpha value is -1.55. The van der Waals surface area contributed by atoms with Gasteiger partial charge in [0, 0.05) is 11.6 Å². The van der Waals surface area contributed by atoms with Crippen LogP contribution in [0.25, 0.3) is 0 Å². The lowest BCUT2D eigenvalue weighted by Crippen LogP contribution is -2.41. The summed E-state index contributed by atoms with van der Waals surface area (Å²) in [6, 6.07) is 7.55. The van der Waals surface area contributed by atoms with E-state index >= 15 is 0 Å². The van der Waals surface area contributed by atoms with E-state index in [4.69, 9.17) is 11.6 Å². The van der Waals surface area contributed by atoms with Crippen LogP contribution in [0.1, 0.15) is 24.8 Å². The van der Waals surface area contributed by atoms with Crippen LogP contribution in [0, 0.1) is 23.7 Å². The molecule has 2 aliphatic carbocycles. The molecule has 2 fully saturated rings. The number of carbonyl (C=O) groups is 2. The normalized spacial score (nSPS) is 29.5. The molecule has 0 unspecified atom stereocenters. The number of amides is 1. The lowest BCUT2D eigenvalue weighted by molar-refractivity contribution is -0.149. The highest BCUT2D eigenvalue weighted by atomic mass is 35.5. The number of aliphatic carboxylic acids is 1. The van der Waals surface area contributed by atoms with Crippen LogP contribution in [0.15, 0.2) is 24.3 Å². The number of benzene rings is 1. The molecule has 118 valence electrons. The van der Waals surface area contributed by atoms with Crippen molar-refractivity contribution in [3.05, 3.63) is 34.9 Å². The summed E-state index contributed by atoms with van der Waals surface area (Å²) in [6.07, 6.45) is 3.53. The molecule has 3 rings (SSSR count). The number of halogens is 1. The second-order valence-corrected chi connectivity index (χ2v) is 6.83. The van der Waals surface area contributed by atoms with Gasteiger partial charge in [-0.1, -0.05) is 23.7 Å². The Bertz CT molecular complexity index is 589. The average Bonchev–Trinajstić information content (AvgIpc) is 3.07. The SMILES string of the molecule is O=C(NCCc1cccc(Cl)c1)[C@@H]1[C@@H]2CC[C@@H](C2)[C@@H]1C(=O)O. The number of nitrogens with one attached hydrogen (secondary N) is 1. The van der Waals surface area contributed by atoms with Crippen LogP contribution < -0.4 is 5.32 Å². The van der Waals surface area contributed by atoms with E-state index < -0.39 is 11.9 Å². The number of rotatable bonds is 5. The summed E-state index contributed by atoms with van der Waals surface area (Å²) in [4.78, 5) is 23.9. The summed E-state index contributed by atoms with van der Waals surface area (Å²) in [5.74, 6) is -1.33. The van der Waals surface area contributed by atoms with Crippen molar-refractivity contribution in [1.82, 2.24) is 5.32 Å². The van der Waals surface area contributed by atoms with Crippen molar-refractivity contribution in [3.8, 4) is 0 Å². The Morgan fingerprint density at radius 3 is 2.64 bits per heavy atom. The first-order valence-corrected chi connectivity index (χ1v) is 8.19. The largest absolute Gasteiger partial charge is 0.481 e. The first-order valence-electron chi connectivity index (χ1n) is 7.81. The maximum Gasteiger partial charge on any atom is 0.307 e. The first kappa shape index (κ1) is 15.3. The van der Waals surface area contributed by atoms with E-state index in [-0.39, 0.29) is 23.7 Å². The standard InChI is InChI=1S/C17H20ClNO3/c18-13-3-1-2-10(8-13)6-7-19-16(20)14-11-4-5-12(9-11)15(14)17(21)22/h1-3,8,11-12,14-15H,4-7,9H2,(H,19,20)(H,21,22)/t11-,12+,14-,15+/m1/s1. The van der Waals surface area contributed by atoms with Crippen molar-refractivity contribution >= 4 is 23.5 Å². The predicted molar refractivity (Wildman–Crippen MR) is 83.6 cm³/mol. The summed E-state index contributed by atoms with van der Waals surface area (Å²) in [5.41, 5.74) is 1.07. The van der Waals surface area contributed by atoms with Gasteiger partial charge in [-0.2, -0.15) is 0 Å². The summed E-state index contributed by atoms with van der Waals surface area (Å²) in [6.45, 7) is 0.513. The molecule has 2 saturated carbocycles. The summed E-state index contributed by atoms with van der Waals surface area (Å²) in [5, 5.41) is 13.0. The fraction of sp³-hybridized carbons (Fsp3) is 0.529. The van der Waals surface area contributed by atoms with Gasteiger partial charge in [0.1, 0.15) is 0 Å². The number of carboxylic acid groups (broad SMARTS) is 1. The maximum absolute atomic E-state index is 12.4. The maximum atomic E-state index is 12.4. The topological polar surface area (TPSA) is 66.4 Å². The molecule has 22 heavy (non-hydrogen) atoms. The third-order valence-electron chi connectivity index (χ3n) is 5.11. The molecule has 0 aromatic heterocycles. The van der Waals surface area contributed by atoms with E-state index in [0.29, 0.717) is 18.0 Å². The molecule has 2 aliphatic rings. The monoisotopic (exact) mass is 321 g/mol. The van der Waals surface area contributed by atoms with Crippen LogP contribution in [0.5, 0.6) is 0 Å². The van der Waals surface area contributed by atoms with Crippen LogP contribution in [0.4, 0.5) is 0 Å². The molecular formula is C17H20ClNO3. The Morgan fingerprint density at radius 1 is 1.23 bits per heavy atom. The minimum Gasteiger partial charge on any atom is -0.481 e. The molecule has 0 saturated heterocycles. The van der Waals surface area contributed by atoms with Crippen LogP contribution >= 0.6 is 11.6 Å². The molecule has 4 atom stereocenters. The molecule has 0 aliphatic heterocycles. The molecule has 0 heterocycles. The number of hydrogen-bond donors (Lipinski definition) is 2. The van der Waals surface area contributed by atoms with Crippen molar-refractivity contribution in [3.63, 3.8) is 0 Å². The van der Waals surface area contributed by atoms with E-state index in [1.807, 2.05) is 24.3 Å². The van der Waals surface area contributed by atoms with Crippen molar-refractivity contribution in [2.75, 3.05) is 6.54 Å². The zero-order valence-corrected chi connectivity index (χ0v) is 13.1. The number of carbonyl (C=O) groups excluding carboxylic acids is 1. The van der Waals surface area contributed by atoms with E-state index in [1.54, 1.807) is 0 Å². The van der Waals surface area contributed by atoms with Gasteiger partial charge < -0.3 is 10.4 Å². The van der Waals surface area contributed by atoms with Gasteiger partial charge in [-0.05, 0) is 55.2 Å². The Kier molecular flexibility index (Phi) is 4.39. The smallest absolute Gasteiger partial charge is 0.307 e. The molecular weight excluding hydrogens is 302 g/mol. The third kappa shape index (κ3) is 2.98. The van der Waals surface area contributed by atoms with Crippen LogP contribution in [-0.4, -0.2) is 23.5 Å². The molecule has 0 spiro atoms. The average molecular weight is 322 g/mol. The van der Waals surface area contributed by atoms with Crippen molar-refractivity contribution in [2.24, 2.45) is 23.7 Å². The van der Waals surface area contributed by atoms with E-state index in [0.717, 1.165) is 24.8 Å². The molecule has 4 nitrogen and oxygen atoms in total. The zero-order valence-electron chi connectivity index (χ0n) is 12.3. The van der Waals surface area contributed by atoms with Gasteiger partial charge in [-0.3, -0.25) is 9.59 Å². The molecule has 2 bridgehead atoms. The number of fused-ring (bicyclic) bond motifs is 2. The van der Waals surface area contributed by atoms with E-state index in [2.05, 4.69) is 5.32 Å². The second kappa shape index (κ2) is 6.29. The fourth-order valence-corrected chi connectivity index (χ4v) is 4.38. The van der Waals surface area contributed by atoms with Gasteiger partial charge >= 0.3 is 5.97 Å².